The number of hydrogen-bond donors (Lipinski definition) is 0. The molecule has 3 aromatic rings. The molecule has 0 radical (unpaired) electrons. The highest BCUT2D eigenvalue weighted by Crippen LogP contribution is 2.32. The van der Waals surface area contributed by atoms with E-state index in [1.165, 1.54) is 0 Å². The van der Waals surface area contributed by atoms with Crippen molar-refractivity contribution >= 4 is 45.7 Å². The van der Waals surface area contributed by atoms with E-state index in [4.69, 9.17) is 34.8 Å². The van der Waals surface area contributed by atoms with Crippen molar-refractivity contribution in [3.63, 3.8) is 0 Å². The van der Waals surface area contributed by atoms with Crippen molar-refractivity contribution in [3.8, 4) is 0 Å². The zero-order valence-corrected chi connectivity index (χ0v) is 12.7. The highest BCUT2D eigenvalue weighted by molar-refractivity contribution is 6.39. The molecule has 0 aliphatic rings. The number of pyridine rings is 1. The predicted octanol–water partition coefficient (Wildman–Crippen LogP) is 5.79. The van der Waals surface area contributed by atoms with E-state index in [0.29, 0.717) is 21.6 Å². The molecule has 0 N–H and O–H groups in total. The summed E-state index contributed by atoms with van der Waals surface area (Å²) in [5.41, 5.74) is 2.74. The molecule has 0 unspecified atom stereocenters. The fourth-order valence-corrected chi connectivity index (χ4v) is 2.88. The van der Waals surface area contributed by atoms with E-state index in [1.54, 1.807) is 0 Å². The summed E-state index contributed by atoms with van der Waals surface area (Å²) in [7, 11) is 0. The lowest BCUT2D eigenvalue weighted by Gasteiger charge is -2.10. The Morgan fingerprint density at radius 2 is 1.55 bits per heavy atom. The van der Waals surface area contributed by atoms with Gasteiger partial charge in [-0.15, -0.1) is 0 Å². The molecule has 2 aromatic carbocycles. The highest BCUT2D eigenvalue weighted by atomic mass is 35.5. The summed E-state index contributed by atoms with van der Waals surface area (Å²) in [6.07, 6.45) is 0.632. The van der Waals surface area contributed by atoms with Gasteiger partial charge in [-0.2, -0.15) is 0 Å². The van der Waals surface area contributed by atoms with E-state index in [1.807, 2.05) is 48.5 Å². The van der Waals surface area contributed by atoms with Crippen LogP contribution in [0.25, 0.3) is 10.9 Å². The molecule has 3 rings (SSSR count). The van der Waals surface area contributed by atoms with Gasteiger partial charge >= 0.3 is 0 Å². The summed E-state index contributed by atoms with van der Waals surface area (Å²) in [4.78, 5) is 4.41. The minimum absolute atomic E-state index is 0.448. The molecule has 4 heteroatoms. The first kappa shape index (κ1) is 13.7. The number of para-hydroxylation sites is 1. The smallest absolute Gasteiger partial charge is 0.134 e. The number of nitrogens with zero attached hydrogens (tertiary/aromatic N) is 1. The molecule has 1 nitrogen and oxygen atoms in total. The Morgan fingerprint density at radius 1 is 0.850 bits per heavy atom. The van der Waals surface area contributed by atoms with Crippen LogP contribution in [-0.2, 0) is 6.42 Å². The largest absolute Gasteiger partial charge is 0.236 e. The van der Waals surface area contributed by atoms with Crippen molar-refractivity contribution in [2.75, 3.05) is 0 Å². The SMILES string of the molecule is Clc1ccc(Cc2c(Cl)nc3ccccc3c2Cl)cc1. The second kappa shape index (κ2) is 5.61. The van der Waals surface area contributed by atoms with Crippen molar-refractivity contribution in [3.05, 3.63) is 74.9 Å². The third-order valence-electron chi connectivity index (χ3n) is 3.17. The molecule has 0 atom stereocenters. The first-order valence-electron chi connectivity index (χ1n) is 6.12. The summed E-state index contributed by atoms with van der Waals surface area (Å²) >= 11 is 18.6. The second-order valence-electron chi connectivity index (χ2n) is 4.52. The zero-order valence-electron chi connectivity index (χ0n) is 10.4. The van der Waals surface area contributed by atoms with Crippen LogP contribution in [0, 0.1) is 0 Å². The van der Waals surface area contributed by atoms with E-state index in [9.17, 15) is 0 Å². The summed E-state index contributed by atoms with van der Waals surface area (Å²) in [6, 6.07) is 15.3. The lowest BCUT2D eigenvalue weighted by atomic mass is 10.0. The molecule has 100 valence electrons. The third kappa shape index (κ3) is 2.62. The van der Waals surface area contributed by atoms with Crippen molar-refractivity contribution in [2.24, 2.45) is 0 Å². The fraction of sp³-hybridized carbons (Fsp3) is 0.0625. The maximum Gasteiger partial charge on any atom is 0.134 e. The Morgan fingerprint density at radius 3 is 2.30 bits per heavy atom. The van der Waals surface area contributed by atoms with E-state index < -0.39 is 0 Å². The average Bonchev–Trinajstić information content (AvgIpc) is 2.45. The summed E-state index contributed by atoms with van der Waals surface area (Å²) in [5.74, 6) is 0. The van der Waals surface area contributed by atoms with Crippen molar-refractivity contribution in [2.45, 2.75) is 6.42 Å². The first-order chi connectivity index (χ1) is 9.65. The molecular formula is C16H10Cl3N. The van der Waals surface area contributed by atoms with Crippen LogP contribution in [0.15, 0.2) is 48.5 Å². The van der Waals surface area contributed by atoms with Crippen LogP contribution in [0.4, 0.5) is 0 Å². The van der Waals surface area contributed by atoms with Gasteiger partial charge in [0.05, 0.1) is 10.5 Å². The normalized spacial score (nSPS) is 10.9. The summed E-state index contributed by atoms with van der Waals surface area (Å²) in [5, 5.41) is 2.74. The molecule has 0 saturated carbocycles. The first-order valence-corrected chi connectivity index (χ1v) is 7.25. The van der Waals surface area contributed by atoms with E-state index >= 15 is 0 Å². The fourth-order valence-electron chi connectivity index (χ4n) is 2.14. The lowest BCUT2D eigenvalue weighted by molar-refractivity contribution is 1.17. The lowest BCUT2D eigenvalue weighted by Crippen LogP contribution is -1.95. The maximum absolute atomic E-state index is 6.48. The van der Waals surface area contributed by atoms with Gasteiger partial charge in [0.1, 0.15) is 5.15 Å². The third-order valence-corrected chi connectivity index (χ3v) is 4.16. The monoisotopic (exact) mass is 321 g/mol. The van der Waals surface area contributed by atoms with Gasteiger partial charge in [-0.3, -0.25) is 0 Å². The van der Waals surface area contributed by atoms with Crippen LogP contribution in [0.5, 0.6) is 0 Å². The van der Waals surface area contributed by atoms with Gasteiger partial charge < -0.3 is 0 Å². The Kier molecular flexibility index (Phi) is 3.84. The van der Waals surface area contributed by atoms with Gasteiger partial charge in [0, 0.05) is 22.4 Å². The number of benzene rings is 2. The quantitative estimate of drug-likeness (QED) is 0.544. The van der Waals surface area contributed by atoms with Gasteiger partial charge in [0.2, 0.25) is 0 Å². The molecular weight excluding hydrogens is 313 g/mol. The van der Waals surface area contributed by atoms with Gasteiger partial charge in [0.15, 0.2) is 0 Å². The topological polar surface area (TPSA) is 12.9 Å². The van der Waals surface area contributed by atoms with Crippen LogP contribution in [0.2, 0.25) is 15.2 Å². The molecule has 0 spiro atoms. The molecule has 1 aromatic heterocycles. The zero-order chi connectivity index (χ0) is 14.1. The van der Waals surface area contributed by atoms with Gasteiger partial charge in [0.25, 0.3) is 0 Å². The van der Waals surface area contributed by atoms with Crippen LogP contribution in [-0.4, -0.2) is 4.98 Å². The Balaban J connectivity index is 2.09. The highest BCUT2D eigenvalue weighted by Gasteiger charge is 2.12. The predicted molar refractivity (Wildman–Crippen MR) is 86.0 cm³/mol. The molecule has 0 aliphatic carbocycles. The molecule has 0 bridgehead atoms. The van der Waals surface area contributed by atoms with E-state index in [2.05, 4.69) is 4.98 Å². The molecule has 0 fully saturated rings. The van der Waals surface area contributed by atoms with Crippen molar-refractivity contribution < 1.29 is 0 Å². The number of aromatic nitrogens is 1. The Labute approximate surface area is 132 Å². The van der Waals surface area contributed by atoms with Crippen molar-refractivity contribution in [1.82, 2.24) is 4.98 Å². The molecule has 0 aliphatic heterocycles. The molecule has 0 saturated heterocycles. The average molecular weight is 323 g/mol. The Bertz CT molecular complexity index is 767. The number of hydrogen-bond acceptors (Lipinski definition) is 1. The molecule has 1 heterocycles. The van der Waals surface area contributed by atoms with Gasteiger partial charge in [-0.1, -0.05) is 65.1 Å². The minimum Gasteiger partial charge on any atom is -0.236 e. The van der Waals surface area contributed by atoms with E-state index in [0.717, 1.165) is 22.0 Å². The number of fused-ring (bicyclic) bond motifs is 1. The standard InChI is InChI=1S/C16H10Cl3N/c17-11-7-5-10(6-8-11)9-13-15(18)12-3-1-2-4-14(12)20-16(13)19/h1-8H,9H2. The van der Waals surface area contributed by atoms with E-state index in [-0.39, 0.29) is 0 Å². The minimum atomic E-state index is 0.448. The van der Waals surface area contributed by atoms with Crippen molar-refractivity contribution in [1.29, 1.82) is 0 Å². The molecule has 20 heavy (non-hydrogen) atoms. The second-order valence-corrected chi connectivity index (χ2v) is 5.69. The van der Waals surface area contributed by atoms with Gasteiger partial charge in [-0.05, 0) is 23.8 Å². The number of rotatable bonds is 2. The van der Waals surface area contributed by atoms with Crippen LogP contribution >= 0.6 is 34.8 Å². The summed E-state index contributed by atoms with van der Waals surface area (Å²) in [6.45, 7) is 0. The molecule has 0 amide bonds. The Hall–Kier alpha value is -1.28. The van der Waals surface area contributed by atoms with Gasteiger partial charge in [-0.25, -0.2) is 4.98 Å². The van der Waals surface area contributed by atoms with Crippen LogP contribution < -0.4 is 0 Å². The maximum atomic E-state index is 6.48. The number of halogens is 3. The summed E-state index contributed by atoms with van der Waals surface area (Å²) < 4.78 is 0. The van der Waals surface area contributed by atoms with Crippen LogP contribution in [0.3, 0.4) is 0 Å². The van der Waals surface area contributed by atoms with Crippen LogP contribution in [0.1, 0.15) is 11.1 Å².